The molecule has 1 aliphatic heterocycles. The van der Waals surface area contributed by atoms with Crippen molar-refractivity contribution in [3.8, 4) is 11.5 Å². The van der Waals surface area contributed by atoms with E-state index >= 15 is 0 Å². The standard InChI is InChI=1S/C28H25N3O5S/c1-3-15-36-18-10-8-17(9-11-18)25(32)23-24(21-7-5-6-14-29-21)31(27(34)26(23)33)28-30-20-13-12-19(35-4-2)16-22(20)37-28/h5-14,16,24,32H,3-4,15H2,1-2H3/b25-23+. The van der Waals surface area contributed by atoms with Crippen molar-refractivity contribution in [2.45, 2.75) is 26.3 Å². The second-order valence-corrected chi connectivity index (χ2v) is 9.36. The molecule has 1 saturated heterocycles. The van der Waals surface area contributed by atoms with Gasteiger partial charge in [-0.1, -0.05) is 24.3 Å². The predicted octanol–water partition coefficient (Wildman–Crippen LogP) is 5.51. The van der Waals surface area contributed by atoms with Crippen LogP contribution in [0.25, 0.3) is 16.0 Å². The summed E-state index contributed by atoms with van der Waals surface area (Å²) < 4.78 is 12.0. The average molecular weight is 516 g/mol. The van der Waals surface area contributed by atoms with Gasteiger partial charge in [-0.15, -0.1) is 0 Å². The maximum atomic E-state index is 13.4. The van der Waals surface area contributed by atoms with E-state index in [2.05, 4.69) is 9.97 Å². The first-order chi connectivity index (χ1) is 18.0. The van der Waals surface area contributed by atoms with Crippen molar-refractivity contribution in [1.82, 2.24) is 9.97 Å². The SMILES string of the molecule is CCCOc1ccc(/C(O)=C2\C(=O)C(=O)N(c3nc4ccc(OCC)cc4s3)C2c2ccccn2)cc1. The normalized spacial score (nSPS) is 16.9. The molecule has 2 aromatic carbocycles. The van der Waals surface area contributed by atoms with Gasteiger partial charge in [-0.25, -0.2) is 4.98 Å². The first-order valence-electron chi connectivity index (χ1n) is 12.0. The maximum Gasteiger partial charge on any atom is 0.301 e. The van der Waals surface area contributed by atoms with Crippen LogP contribution in [0.5, 0.6) is 11.5 Å². The molecule has 5 rings (SSSR count). The summed E-state index contributed by atoms with van der Waals surface area (Å²) in [6, 6.07) is 16.6. The van der Waals surface area contributed by atoms with Crippen LogP contribution in [0.4, 0.5) is 5.13 Å². The van der Waals surface area contributed by atoms with Gasteiger partial charge in [0.2, 0.25) is 0 Å². The quantitative estimate of drug-likeness (QED) is 0.188. The number of carbonyl (C=O) groups is 2. The Labute approximate surface area is 217 Å². The van der Waals surface area contributed by atoms with Crippen molar-refractivity contribution >= 4 is 44.1 Å². The fourth-order valence-corrected chi connectivity index (χ4v) is 5.20. The molecule has 1 fully saturated rings. The number of aliphatic hydroxyl groups is 1. The van der Waals surface area contributed by atoms with Crippen LogP contribution in [0.1, 0.15) is 37.6 Å². The lowest BCUT2D eigenvalue weighted by atomic mass is 9.98. The van der Waals surface area contributed by atoms with Gasteiger partial charge < -0.3 is 14.6 Å². The van der Waals surface area contributed by atoms with E-state index in [4.69, 9.17) is 9.47 Å². The molecule has 0 aliphatic carbocycles. The number of ether oxygens (including phenoxy) is 2. The van der Waals surface area contributed by atoms with E-state index in [0.29, 0.717) is 46.6 Å². The highest BCUT2D eigenvalue weighted by molar-refractivity contribution is 7.22. The molecule has 37 heavy (non-hydrogen) atoms. The molecule has 0 saturated carbocycles. The third kappa shape index (κ3) is 4.65. The molecule has 0 spiro atoms. The number of pyridine rings is 1. The van der Waals surface area contributed by atoms with Gasteiger partial charge in [-0.2, -0.15) is 0 Å². The number of amides is 1. The predicted molar refractivity (Wildman–Crippen MR) is 142 cm³/mol. The molecule has 188 valence electrons. The highest BCUT2D eigenvalue weighted by atomic mass is 32.1. The second kappa shape index (κ2) is 10.4. The van der Waals surface area contributed by atoms with Crippen LogP contribution in [0.2, 0.25) is 0 Å². The van der Waals surface area contributed by atoms with Crippen LogP contribution in [0.15, 0.2) is 72.4 Å². The molecule has 9 heteroatoms. The van der Waals surface area contributed by atoms with Crippen molar-refractivity contribution in [1.29, 1.82) is 0 Å². The van der Waals surface area contributed by atoms with Gasteiger partial charge in [0.05, 0.1) is 34.7 Å². The number of anilines is 1. The highest BCUT2D eigenvalue weighted by Crippen LogP contribution is 2.44. The van der Waals surface area contributed by atoms with E-state index in [1.54, 1.807) is 48.7 Å². The van der Waals surface area contributed by atoms with Crippen LogP contribution >= 0.6 is 11.3 Å². The number of hydrogen-bond acceptors (Lipinski definition) is 8. The lowest BCUT2D eigenvalue weighted by molar-refractivity contribution is -0.132. The van der Waals surface area contributed by atoms with Crippen LogP contribution in [-0.4, -0.2) is 40.0 Å². The lowest BCUT2D eigenvalue weighted by Gasteiger charge is -2.21. The van der Waals surface area contributed by atoms with Crippen LogP contribution in [0, 0.1) is 0 Å². The third-order valence-corrected chi connectivity index (χ3v) is 6.90. The minimum atomic E-state index is -0.941. The van der Waals surface area contributed by atoms with E-state index in [-0.39, 0.29) is 11.3 Å². The molecule has 0 bridgehead atoms. The molecule has 0 radical (unpaired) electrons. The van der Waals surface area contributed by atoms with E-state index in [1.807, 2.05) is 32.0 Å². The van der Waals surface area contributed by atoms with Gasteiger partial charge in [-0.3, -0.25) is 19.5 Å². The average Bonchev–Trinajstić information content (AvgIpc) is 3.45. The van der Waals surface area contributed by atoms with Gasteiger partial charge in [0.1, 0.15) is 23.3 Å². The fourth-order valence-electron chi connectivity index (χ4n) is 4.18. The molecule has 4 aromatic rings. The number of rotatable bonds is 8. The molecule has 2 aromatic heterocycles. The number of ketones is 1. The minimum absolute atomic E-state index is 0.0415. The summed E-state index contributed by atoms with van der Waals surface area (Å²) in [6.45, 7) is 5.02. The molecule has 1 atom stereocenters. The maximum absolute atomic E-state index is 13.4. The lowest BCUT2D eigenvalue weighted by Crippen LogP contribution is -2.29. The summed E-state index contributed by atoms with van der Waals surface area (Å²) in [5.74, 6) is -0.503. The molecule has 8 nitrogen and oxygen atoms in total. The highest BCUT2D eigenvalue weighted by Gasteiger charge is 2.48. The Balaban J connectivity index is 1.61. The fraction of sp³-hybridized carbons (Fsp3) is 0.214. The Hall–Kier alpha value is -4.24. The number of benzene rings is 2. The molecule has 1 aliphatic rings. The Morgan fingerprint density at radius 1 is 1.03 bits per heavy atom. The first-order valence-corrected chi connectivity index (χ1v) is 12.8. The van der Waals surface area contributed by atoms with Gasteiger partial charge in [0.25, 0.3) is 5.78 Å². The summed E-state index contributed by atoms with van der Waals surface area (Å²) in [4.78, 5) is 37.1. The van der Waals surface area contributed by atoms with Gasteiger partial charge in [-0.05, 0) is 67.9 Å². The molecule has 1 N–H and O–H groups in total. The number of carbonyl (C=O) groups excluding carboxylic acids is 2. The zero-order valence-electron chi connectivity index (χ0n) is 20.4. The third-order valence-electron chi connectivity index (χ3n) is 5.88. The topological polar surface area (TPSA) is 102 Å². The minimum Gasteiger partial charge on any atom is -0.507 e. The Bertz CT molecular complexity index is 1480. The van der Waals surface area contributed by atoms with E-state index < -0.39 is 17.7 Å². The monoisotopic (exact) mass is 515 g/mol. The van der Waals surface area contributed by atoms with Gasteiger partial charge in [0, 0.05) is 11.8 Å². The zero-order valence-corrected chi connectivity index (χ0v) is 21.2. The van der Waals surface area contributed by atoms with Crippen LogP contribution in [0.3, 0.4) is 0 Å². The number of nitrogens with zero attached hydrogens (tertiary/aromatic N) is 3. The number of fused-ring (bicyclic) bond motifs is 1. The summed E-state index contributed by atoms with van der Waals surface area (Å²) in [5.41, 5.74) is 1.47. The number of Topliss-reactive ketones (excluding diaryl/α,β-unsaturated/α-hetero) is 1. The zero-order chi connectivity index (χ0) is 25.9. The summed E-state index contributed by atoms with van der Waals surface area (Å²) in [5, 5.41) is 11.6. The van der Waals surface area contributed by atoms with E-state index in [0.717, 1.165) is 11.1 Å². The van der Waals surface area contributed by atoms with Crippen molar-refractivity contribution in [2.24, 2.45) is 0 Å². The molecule has 1 amide bonds. The van der Waals surface area contributed by atoms with E-state index in [9.17, 15) is 14.7 Å². The molecule has 1 unspecified atom stereocenters. The van der Waals surface area contributed by atoms with Crippen LogP contribution in [-0.2, 0) is 9.59 Å². The van der Waals surface area contributed by atoms with Crippen LogP contribution < -0.4 is 14.4 Å². The molecular formula is C28H25N3O5S. The van der Waals surface area contributed by atoms with Gasteiger partial charge in [0.15, 0.2) is 5.13 Å². The Morgan fingerprint density at radius 3 is 2.51 bits per heavy atom. The van der Waals surface area contributed by atoms with E-state index in [1.165, 1.54) is 16.2 Å². The van der Waals surface area contributed by atoms with Crippen molar-refractivity contribution < 1.29 is 24.2 Å². The Kier molecular flexibility index (Phi) is 6.87. The first kappa shape index (κ1) is 24.5. The summed E-state index contributed by atoms with van der Waals surface area (Å²) >= 11 is 1.27. The van der Waals surface area contributed by atoms with Crippen molar-refractivity contribution in [3.63, 3.8) is 0 Å². The smallest absolute Gasteiger partial charge is 0.301 e. The Morgan fingerprint density at radius 2 is 1.81 bits per heavy atom. The summed E-state index contributed by atoms with van der Waals surface area (Å²) in [6.07, 6.45) is 2.45. The number of hydrogen-bond donors (Lipinski definition) is 1. The largest absolute Gasteiger partial charge is 0.507 e. The number of aliphatic hydroxyl groups excluding tert-OH is 1. The second-order valence-electron chi connectivity index (χ2n) is 8.36. The summed E-state index contributed by atoms with van der Waals surface area (Å²) in [7, 11) is 0. The van der Waals surface area contributed by atoms with Gasteiger partial charge >= 0.3 is 5.91 Å². The number of thiazole rings is 1. The van der Waals surface area contributed by atoms with Crippen molar-refractivity contribution in [2.75, 3.05) is 18.1 Å². The number of aromatic nitrogens is 2. The van der Waals surface area contributed by atoms with Crippen molar-refractivity contribution in [3.05, 3.63) is 83.7 Å². The molecular weight excluding hydrogens is 490 g/mol. The molecule has 3 heterocycles.